The summed E-state index contributed by atoms with van der Waals surface area (Å²) in [6, 6.07) is 4.36. The summed E-state index contributed by atoms with van der Waals surface area (Å²) in [4.78, 5) is 9.99. The van der Waals surface area contributed by atoms with E-state index in [1.807, 2.05) is 0 Å². The van der Waals surface area contributed by atoms with Crippen molar-refractivity contribution >= 4 is 15.7 Å². The van der Waals surface area contributed by atoms with Crippen LogP contribution in [-0.4, -0.2) is 25.4 Å². The molecule has 0 spiro atoms. The predicted molar refractivity (Wildman–Crippen MR) is 73.6 cm³/mol. The third-order valence-corrected chi connectivity index (χ3v) is 4.99. The van der Waals surface area contributed by atoms with Crippen molar-refractivity contribution in [1.82, 2.24) is 4.72 Å². The molecule has 1 aromatic carbocycles. The van der Waals surface area contributed by atoms with Gasteiger partial charge in [-0.3, -0.25) is 10.1 Å². The number of nitrogens with two attached hydrogens (primary N) is 1. The van der Waals surface area contributed by atoms with Gasteiger partial charge in [-0.15, -0.1) is 0 Å². The minimum Gasteiger partial charge on any atom is -0.326 e. The number of nitrogens with one attached hydrogen (secondary N) is 1. The Labute approximate surface area is 117 Å². The van der Waals surface area contributed by atoms with Crippen LogP contribution in [0.15, 0.2) is 29.2 Å². The first-order valence-corrected chi connectivity index (χ1v) is 7.91. The van der Waals surface area contributed by atoms with Crippen LogP contribution in [0.5, 0.6) is 0 Å². The van der Waals surface area contributed by atoms with Crippen LogP contribution in [0.1, 0.15) is 25.7 Å². The number of hydrogen-bond donors (Lipinski definition) is 2. The molecule has 1 fully saturated rings. The maximum absolute atomic E-state index is 12.2. The number of non-ortho nitro benzene ring substituents is 1. The van der Waals surface area contributed by atoms with Gasteiger partial charge in [0.15, 0.2) is 0 Å². The molecular formula is C12H17N3O4S. The largest absolute Gasteiger partial charge is 0.326 e. The Morgan fingerprint density at radius 2 is 1.80 bits per heavy atom. The zero-order valence-electron chi connectivity index (χ0n) is 10.9. The number of nitro groups is 1. The summed E-state index contributed by atoms with van der Waals surface area (Å²) in [5.74, 6) is 0. The highest BCUT2D eigenvalue weighted by molar-refractivity contribution is 7.89. The number of rotatable bonds is 4. The van der Waals surface area contributed by atoms with Gasteiger partial charge in [-0.1, -0.05) is 12.8 Å². The van der Waals surface area contributed by atoms with Crippen LogP contribution in [0.25, 0.3) is 0 Å². The van der Waals surface area contributed by atoms with E-state index in [1.165, 1.54) is 24.3 Å². The van der Waals surface area contributed by atoms with E-state index in [0.717, 1.165) is 19.3 Å². The monoisotopic (exact) mass is 299 g/mol. The molecule has 110 valence electrons. The fraction of sp³-hybridized carbons (Fsp3) is 0.500. The van der Waals surface area contributed by atoms with E-state index in [9.17, 15) is 18.5 Å². The van der Waals surface area contributed by atoms with Crippen molar-refractivity contribution in [2.24, 2.45) is 5.73 Å². The van der Waals surface area contributed by atoms with Gasteiger partial charge < -0.3 is 5.73 Å². The smallest absolute Gasteiger partial charge is 0.269 e. The van der Waals surface area contributed by atoms with Crippen molar-refractivity contribution in [3.63, 3.8) is 0 Å². The number of nitro benzene ring substituents is 1. The number of hydrogen-bond acceptors (Lipinski definition) is 5. The third kappa shape index (κ3) is 3.33. The van der Waals surface area contributed by atoms with Gasteiger partial charge in [0.2, 0.25) is 10.0 Å². The molecule has 0 aliphatic heterocycles. The van der Waals surface area contributed by atoms with Crippen LogP contribution >= 0.6 is 0 Å². The Balaban J connectivity index is 2.15. The molecule has 0 saturated heterocycles. The van der Waals surface area contributed by atoms with Crippen LogP contribution in [0, 0.1) is 10.1 Å². The zero-order valence-corrected chi connectivity index (χ0v) is 11.7. The summed E-state index contributed by atoms with van der Waals surface area (Å²) in [6.45, 7) is 0. The van der Waals surface area contributed by atoms with Crippen molar-refractivity contribution in [2.75, 3.05) is 0 Å². The minimum atomic E-state index is -3.69. The van der Waals surface area contributed by atoms with E-state index in [1.54, 1.807) is 0 Å². The van der Waals surface area contributed by atoms with E-state index in [4.69, 9.17) is 5.73 Å². The molecule has 1 saturated carbocycles. The molecule has 8 heteroatoms. The van der Waals surface area contributed by atoms with Gasteiger partial charge >= 0.3 is 0 Å². The van der Waals surface area contributed by atoms with Crippen LogP contribution in [0.2, 0.25) is 0 Å². The second kappa shape index (κ2) is 5.86. The maximum Gasteiger partial charge on any atom is 0.269 e. The lowest BCUT2D eigenvalue weighted by atomic mass is 9.92. The third-order valence-electron chi connectivity index (χ3n) is 3.48. The van der Waals surface area contributed by atoms with E-state index in [2.05, 4.69) is 4.72 Å². The van der Waals surface area contributed by atoms with Crippen LogP contribution in [-0.2, 0) is 10.0 Å². The SMILES string of the molecule is NC1CCCCC1NS(=O)(=O)c1ccc([N+](=O)[O-])cc1. The van der Waals surface area contributed by atoms with Crippen LogP contribution in [0.4, 0.5) is 5.69 Å². The molecule has 2 rings (SSSR count). The van der Waals surface area contributed by atoms with Gasteiger partial charge in [0.1, 0.15) is 0 Å². The van der Waals surface area contributed by atoms with Crippen molar-refractivity contribution in [2.45, 2.75) is 42.7 Å². The Bertz CT molecular complexity index is 585. The summed E-state index contributed by atoms with van der Waals surface area (Å²) in [7, 11) is -3.69. The van der Waals surface area contributed by atoms with Crippen LogP contribution < -0.4 is 10.5 Å². The molecular weight excluding hydrogens is 282 g/mol. The molecule has 2 atom stereocenters. The molecule has 0 radical (unpaired) electrons. The lowest BCUT2D eigenvalue weighted by molar-refractivity contribution is -0.384. The molecule has 0 heterocycles. The van der Waals surface area contributed by atoms with Crippen molar-refractivity contribution in [3.05, 3.63) is 34.4 Å². The average Bonchev–Trinajstić information content (AvgIpc) is 2.41. The van der Waals surface area contributed by atoms with E-state index in [-0.39, 0.29) is 22.7 Å². The summed E-state index contributed by atoms with van der Waals surface area (Å²) < 4.78 is 27.0. The van der Waals surface area contributed by atoms with E-state index < -0.39 is 14.9 Å². The topological polar surface area (TPSA) is 115 Å². The lowest BCUT2D eigenvalue weighted by Crippen LogP contribution is -2.49. The highest BCUT2D eigenvalue weighted by Crippen LogP contribution is 2.20. The van der Waals surface area contributed by atoms with Gasteiger partial charge in [-0.2, -0.15) is 0 Å². The summed E-state index contributed by atoms with van der Waals surface area (Å²) in [5, 5.41) is 10.5. The molecule has 0 bridgehead atoms. The van der Waals surface area contributed by atoms with Gasteiger partial charge in [0.25, 0.3) is 5.69 Å². The molecule has 2 unspecified atom stereocenters. The summed E-state index contributed by atoms with van der Waals surface area (Å²) in [6.07, 6.45) is 3.47. The number of nitrogens with zero attached hydrogens (tertiary/aromatic N) is 1. The van der Waals surface area contributed by atoms with E-state index >= 15 is 0 Å². The standard InChI is InChI=1S/C12H17N3O4S/c13-11-3-1-2-4-12(11)14-20(18,19)10-7-5-9(6-8-10)15(16)17/h5-8,11-12,14H,1-4,13H2. The number of sulfonamides is 1. The fourth-order valence-electron chi connectivity index (χ4n) is 2.32. The predicted octanol–water partition coefficient (Wildman–Crippen LogP) is 1.14. The highest BCUT2D eigenvalue weighted by Gasteiger charge is 2.27. The Morgan fingerprint density at radius 3 is 2.35 bits per heavy atom. The second-order valence-electron chi connectivity index (χ2n) is 4.93. The first kappa shape index (κ1) is 14.9. The van der Waals surface area contributed by atoms with Gasteiger partial charge in [0.05, 0.1) is 9.82 Å². The van der Waals surface area contributed by atoms with E-state index in [0.29, 0.717) is 6.42 Å². The minimum absolute atomic E-state index is 0.0147. The molecule has 7 nitrogen and oxygen atoms in total. The Morgan fingerprint density at radius 1 is 1.20 bits per heavy atom. The Hall–Kier alpha value is -1.51. The molecule has 0 aromatic heterocycles. The first-order chi connectivity index (χ1) is 9.40. The van der Waals surface area contributed by atoms with Crippen molar-refractivity contribution < 1.29 is 13.3 Å². The van der Waals surface area contributed by atoms with Crippen LogP contribution in [0.3, 0.4) is 0 Å². The number of benzene rings is 1. The summed E-state index contributed by atoms with van der Waals surface area (Å²) >= 11 is 0. The molecule has 1 aliphatic rings. The molecule has 1 aromatic rings. The lowest BCUT2D eigenvalue weighted by Gasteiger charge is -2.28. The van der Waals surface area contributed by atoms with Gasteiger partial charge in [-0.05, 0) is 25.0 Å². The highest BCUT2D eigenvalue weighted by atomic mass is 32.2. The zero-order chi connectivity index (χ0) is 14.8. The molecule has 1 aliphatic carbocycles. The first-order valence-electron chi connectivity index (χ1n) is 6.42. The van der Waals surface area contributed by atoms with Crippen molar-refractivity contribution in [3.8, 4) is 0 Å². The molecule has 20 heavy (non-hydrogen) atoms. The van der Waals surface area contributed by atoms with Crippen molar-refractivity contribution in [1.29, 1.82) is 0 Å². The summed E-state index contributed by atoms with van der Waals surface area (Å²) in [5.41, 5.74) is 5.77. The molecule has 0 amide bonds. The second-order valence-corrected chi connectivity index (χ2v) is 6.64. The molecule has 3 N–H and O–H groups in total. The quantitative estimate of drug-likeness (QED) is 0.639. The fourth-order valence-corrected chi connectivity index (χ4v) is 3.64. The maximum atomic E-state index is 12.2. The Kier molecular flexibility index (Phi) is 4.36. The normalized spacial score (nSPS) is 23.4. The van der Waals surface area contributed by atoms with Gasteiger partial charge in [0, 0.05) is 24.2 Å². The average molecular weight is 299 g/mol. The van der Waals surface area contributed by atoms with Gasteiger partial charge in [-0.25, -0.2) is 13.1 Å².